The van der Waals surface area contributed by atoms with Crippen LogP contribution in [0.15, 0.2) is 24.3 Å². The molecule has 3 rings (SSSR count). The van der Waals surface area contributed by atoms with Crippen molar-refractivity contribution in [1.82, 2.24) is 20.1 Å². The highest BCUT2D eigenvalue weighted by Crippen LogP contribution is 2.25. The molecule has 0 spiro atoms. The molecule has 1 aliphatic heterocycles. The summed E-state index contributed by atoms with van der Waals surface area (Å²) in [6.45, 7) is 6.67. The molecule has 1 unspecified atom stereocenters. The summed E-state index contributed by atoms with van der Waals surface area (Å²) in [4.78, 5) is 12.1. The normalized spacial score (nSPS) is 15.7. The lowest BCUT2D eigenvalue weighted by atomic mass is 9.93. The molecule has 0 saturated heterocycles. The number of carbonyl (C=O) groups excluding carboxylic acids is 1. The van der Waals surface area contributed by atoms with Crippen molar-refractivity contribution in [3.63, 3.8) is 0 Å². The monoisotopic (exact) mass is 343 g/mol. The van der Waals surface area contributed by atoms with Crippen LogP contribution < -0.4 is 10.6 Å². The van der Waals surface area contributed by atoms with Crippen LogP contribution in [-0.4, -0.2) is 38.0 Å². The Morgan fingerprint density at radius 1 is 1.40 bits per heavy atom. The number of anilines is 1. The predicted molar refractivity (Wildman–Crippen MR) is 96.3 cm³/mol. The minimum atomic E-state index is -0.943. The lowest BCUT2D eigenvalue weighted by Gasteiger charge is -2.27. The second-order valence-electron chi connectivity index (χ2n) is 7.10. The summed E-state index contributed by atoms with van der Waals surface area (Å²) in [5.41, 5.74) is 0.656. The van der Waals surface area contributed by atoms with Crippen molar-refractivity contribution < 1.29 is 9.90 Å². The molecule has 25 heavy (non-hydrogen) atoms. The van der Waals surface area contributed by atoms with Gasteiger partial charge in [-0.1, -0.05) is 26.0 Å². The number of nitrogens with one attached hydrogen (secondary N) is 2. The first-order valence-corrected chi connectivity index (χ1v) is 8.66. The van der Waals surface area contributed by atoms with Gasteiger partial charge in [0.2, 0.25) is 0 Å². The van der Waals surface area contributed by atoms with Crippen molar-refractivity contribution >= 4 is 11.7 Å². The Bertz CT molecular complexity index is 767. The molecular weight excluding hydrogens is 318 g/mol. The summed E-state index contributed by atoms with van der Waals surface area (Å²) in [6, 6.07) is 7.21. The van der Waals surface area contributed by atoms with Gasteiger partial charge in [0.15, 0.2) is 5.82 Å². The molecule has 0 saturated carbocycles. The number of amides is 2. The van der Waals surface area contributed by atoms with Crippen LogP contribution in [0, 0.1) is 5.92 Å². The summed E-state index contributed by atoms with van der Waals surface area (Å²) in [5, 5.41) is 24.2. The molecule has 1 aromatic heterocycles. The molecule has 0 radical (unpaired) electrons. The standard InChI is InChI=1S/C18H25N5O2/c1-12(2)18(3,25)11-19-17(24)20-14-7-4-6-13(10-14)16-22-21-15-8-5-9-23(15)16/h4,6-7,10,12,25H,5,8-9,11H2,1-3H3,(H2,19,20,24). The zero-order valence-electron chi connectivity index (χ0n) is 14.9. The van der Waals surface area contributed by atoms with Crippen molar-refractivity contribution in [3.8, 4) is 11.4 Å². The molecule has 2 aromatic rings. The summed E-state index contributed by atoms with van der Waals surface area (Å²) < 4.78 is 2.12. The minimum Gasteiger partial charge on any atom is -0.388 e. The van der Waals surface area contributed by atoms with Crippen molar-refractivity contribution in [2.75, 3.05) is 11.9 Å². The van der Waals surface area contributed by atoms with Gasteiger partial charge in [-0.15, -0.1) is 10.2 Å². The summed E-state index contributed by atoms with van der Waals surface area (Å²) in [5.74, 6) is 1.90. The molecular formula is C18H25N5O2. The topological polar surface area (TPSA) is 92.1 Å². The molecule has 1 aliphatic rings. The summed E-state index contributed by atoms with van der Waals surface area (Å²) >= 11 is 0. The second kappa shape index (κ2) is 6.84. The molecule has 134 valence electrons. The number of nitrogens with zero attached hydrogens (tertiary/aromatic N) is 3. The fourth-order valence-corrected chi connectivity index (χ4v) is 2.74. The van der Waals surface area contributed by atoms with E-state index in [0.717, 1.165) is 36.6 Å². The molecule has 2 heterocycles. The zero-order valence-corrected chi connectivity index (χ0v) is 14.9. The SMILES string of the molecule is CC(C)C(C)(O)CNC(=O)Nc1cccc(-c2nnc3n2CCC3)c1. The van der Waals surface area contributed by atoms with Crippen LogP contribution in [0.25, 0.3) is 11.4 Å². The molecule has 0 aliphatic carbocycles. The average molecular weight is 343 g/mol. The van der Waals surface area contributed by atoms with E-state index in [1.165, 1.54) is 0 Å². The molecule has 7 nitrogen and oxygen atoms in total. The first-order valence-electron chi connectivity index (χ1n) is 8.66. The van der Waals surface area contributed by atoms with Gasteiger partial charge in [0.25, 0.3) is 0 Å². The van der Waals surface area contributed by atoms with Gasteiger partial charge in [0.05, 0.1) is 5.60 Å². The van der Waals surface area contributed by atoms with E-state index in [9.17, 15) is 9.90 Å². The molecule has 1 aromatic carbocycles. The van der Waals surface area contributed by atoms with Gasteiger partial charge >= 0.3 is 6.03 Å². The lowest BCUT2D eigenvalue weighted by molar-refractivity contribution is 0.0170. The van der Waals surface area contributed by atoms with E-state index in [-0.39, 0.29) is 18.5 Å². The number of benzene rings is 1. The Hall–Kier alpha value is -2.41. The van der Waals surface area contributed by atoms with Gasteiger partial charge < -0.3 is 20.3 Å². The molecule has 7 heteroatoms. The number of hydrogen-bond acceptors (Lipinski definition) is 4. The number of aromatic nitrogens is 3. The number of aliphatic hydroxyl groups is 1. The van der Waals surface area contributed by atoms with Gasteiger partial charge in [-0.25, -0.2) is 4.79 Å². The largest absolute Gasteiger partial charge is 0.388 e. The number of hydrogen-bond donors (Lipinski definition) is 3. The van der Waals surface area contributed by atoms with Gasteiger partial charge in [-0.3, -0.25) is 0 Å². The Balaban J connectivity index is 1.67. The Morgan fingerprint density at radius 2 is 2.20 bits per heavy atom. The molecule has 2 amide bonds. The van der Waals surface area contributed by atoms with Crippen LogP contribution >= 0.6 is 0 Å². The van der Waals surface area contributed by atoms with E-state index in [4.69, 9.17) is 0 Å². The smallest absolute Gasteiger partial charge is 0.319 e. The summed E-state index contributed by atoms with van der Waals surface area (Å²) in [7, 11) is 0. The number of aryl methyl sites for hydroxylation is 1. The highest BCUT2D eigenvalue weighted by atomic mass is 16.3. The van der Waals surface area contributed by atoms with Crippen LogP contribution in [0.3, 0.4) is 0 Å². The molecule has 0 fully saturated rings. The first-order chi connectivity index (χ1) is 11.9. The number of fused-ring (bicyclic) bond motifs is 1. The average Bonchev–Trinajstić information content (AvgIpc) is 3.16. The third kappa shape index (κ3) is 3.82. The first kappa shape index (κ1) is 17.4. The van der Waals surface area contributed by atoms with E-state index in [1.54, 1.807) is 6.92 Å². The highest BCUT2D eigenvalue weighted by molar-refractivity contribution is 5.90. The van der Waals surface area contributed by atoms with E-state index in [1.807, 2.05) is 38.1 Å². The number of urea groups is 1. The van der Waals surface area contributed by atoms with Crippen molar-refractivity contribution in [3.05, 3.63) is 30.1 Å². The Kier molecular flexibility index (Phi) is 4.76. The van der Waals surface area contributed by atoms with Gasteiger partial charge in [0, 0.05) is 30.8 Å². The minimum absolute atomic E-state index is 0.0474. The molecule has 0 bridgehead atoms. The maximum Gasteiger partial charge on any atom is 0.319 e. The zero-order chi connectivity index (χ0) is 18.0. The third-order valence-corrected chi connectivity index (χ3v) is 4.84. The predicted octanol–water partition coefficient (Wildman–Crippen LogP) is 2.42. The van der Waals surface area contributed by atoms with Gasteiger partial charge in [-0.05, 0) is 31.4 Å². The Morgan fingerprint density at radius 3 is 2.96 bits per heavy atom. The van der Waals surface area contributed by atoms with Gasteiger partial charge in [-0.2, -0.15) is 0 Å². The van der Waals surface area contributed by atoms with E-state index in [2.05, 4.69) is 25.4 Å². The Labute approximate surface area is 147 Å². The maximum atomic E-state index is 12.1. The fourth-order valence-electron chi connectivity index (χ4n) is 2.74. The van der Waals surface area contributed by atoms with E-state index in [0.29, 0.717) is 5.69 Å². The van der Waals surface area contributed by atoms with Crippen molar-refractivity contribution in [2.24, 2.45) is 5.92 Å². The third-order valence-electron chi connectivity index (χ3n) is 4.84. The molecule has 1 atom stereocenters. The lowest BCUT2D eigenvalue weighted by Crippen LogP contribution is -2.45. The van der Waals surface area contributed by atoms with Crippen LogP contribution in [-0.2, 0) is 13.0 Å². The van der Waals surface area contributed by atoms with Crippen molar-refractivity contribution in [1.29, 1.82) is 0 Å². The van der Waals surface area contributed by atoms with E-state index < -0.39 is 5.60 Å². The van der Waals surface area contributed by atoms with Gasteiger partial charge in [0.1, 0.15) is 5.82 Å². The van der Waals surface area contributed by atoms with Crippen molar-refractivity contribution in [2.45, 2.75) is 45.8 Å². The van der Waals surface area contributed by atoms with Crippen LogP contribution in [0.2, 0.25) is 0 Å². The highest BCUT2D eigenvalue weighted by Gasteiger charge is 2.25. The van der Waals surface area contributed by atoms with Crippen LogP contribution in [0.5, 0.6) is 0 Å². The fraction of sp³-hybridized carbons (Fsp3) is 0.500. The quantitative estimate of drug-likeness (QED) is 0.777. The summed E-state index contributed by atoms with van der Waals surface area (Å²) in [6.07, 6.45) is 2.05. The van der Waals surface area contributed by atoms with Crippen LogP contribution in [0.1, 0.15) is 33.0 Å². The van der Waals surface area contributed by atoms with Crippen LogP contribution in [0.4, 0.5) is 10.5 Å². The number of carbonyl (C=O) groups is 1. The maximum absolute atomic E-state index is 12.1. The molecule has 3 N–H and O–H groups in total. The second-order valence-corrected chi connectivity index (χ2v) is 7.10. The van der Waals surface area contributed by atoms with E-state index >= 15 is 0 Å². The number of rotatable bonds is 5.